The van der Waals surface area contributed by atoms with Gasteiger partial charge in [-0.25, -0.2) is 4.39 Å². The molecule has 33 heavy (non-hydrogen) atoms. The third-order valence-electron chi connectivity index (χ3n) is 5.42. The number of hydrogen-bond donors (Lipinski definition) is 2. The van der Waals surface area contributed by atoms with Gasteiger partial charge in [0, 0.05) is 34.6 Å². The van der Waals surface area contributed by atoms with Crippen molar-refractivity contribution in [3.63, 3.8) is 0 Å². The van der Waals surface area contributed by atoms with Crippen molar-refractivity contribution in [1.29, 1.82) is 0 Å². The van der Waals surface area contributed by atoms with Crippen molar-refractivity contribution in [1.82, 2.24) is 4.57 Å². The molecule has 1 heterocycles. The van der Waals surface area contributed by atoms with Gasteiger partial charge in [-0.15, -0.1) is 0 Å². The van der Waals surface area contributed by atoms with Crippen LogP contribution in [-0.4, -0.2) is 33.0 Å². The summed E-state index contributed by atoms with van der Waals surface area (Å²) in [5.41, 5.74) is 4.17. The number of nitrogens with zero attached hydrogens (tertiary/aromatic N) is 1. The Morgan fingerprint density at radius 1 is 1.09 bits per heavy atom. The molecule has 1 atom stereocenters. The normalized spacial score (nSPS) is 13.2. The number of hydrogen-bond acceptors (Lipinski definition) is 3. The average molecular weight is 454 g/mol. The molecule has 3 aromatic rings. The molecule has 0 radical (unpaired) electrons. The molecule has 1 aromatic heterocycles. The zero-order chi connectivity index (χ0) is 24.1. The molecular weight excluding hydrogens is 421 g/mol. The van der Waals surface area contributed by atoms with Crippen molar-refractivity contribution in [3.8, 4) is 11.1 Å². The van der Waals surface area contributed by atoms with E-state index >= 15 is 0 Å². The lowest BCUT2D eigenvalue weighted by Gasteiger charge is -2.19. The van der Waals surface area contributed by atoms with Crippen molar-refractivity contribution in [3.05, 3.63) is 71.9 Å². The zero-order valence-electron chi connectivity index (χ0n) is 19.6. The summed E-state index contributed by atoms with van der Waals surface area (Å²) in [5.74, 6) is -0.790. The van der Waals surface area contributed by atoms with Gasteiger partial charge in [-0.3, -0.25) is 4.79 Å². The van der Waals surface area contributed by atoms with E-state index in [0.717, 1.165) is 27.7 Å². The van der Waals surface area contributed by atoms with Gasteiger partial charge in [-0.2, -0.15) is 0 Å². The quantitative estimate of drug-likeness (QED) is 0.364. The minimum absolute atomic E-state index is 0.110. The number of carbonyl (C=O) groups is 1. The van der Waals surface area contributed by atoms with E-state index < -0.39 is 12.1 Å². The Kier molecular flexibility index (Phi) is 7.92. The van der Waals surface area contributed by atoms with Crippen molar-refractivity contribution >= 4 is 16.9 Å². The number of halogens is 1. The lowest BCUT2D eigenvalue weighted by Crippen LogP contribution is -2.13. The summed E-state index contributed by atoms with van der Waals surface area (Å²) >= 11 is 0. The highest BCUT2D eigenvalue weighted by molar-refractivity contribution is 5.98. The second-order valence-electron chi connectivity index (χ2n) is 8.77. The summed E-state index contributed by atoms with van der Waals surface area (Å²) in [6.07, 6.45) is 0.986. The maximum Gasteiger partial charge on any atom is 0.306 e. The summed E-state index contributed by atoms with van der Waals surface area (Å²) in [4.78, 5) is 11.0. The zero-order valence-corrected chi connectivity index (χ0v) is 19.6. The first-order chi connectivity index (χ1) is 15.7. The first kappa shape index (κ1) is 24.5. The number of aliphatic carboxylic acids is 1. The molecule has 0 saturated heterocycles. The third-order valence-corrected chi connectivity index (χ3v) is 5.42. The largest absolute Gasteiger partial charge is 0.496 e. The second kappa shape index (κ2) is 10.7. The summed E-state index contributed by atoms with van der Waals surface area (Å²) in [6.45, 7) is 8.05. The van der Waals surface area contributed by atoms with Gasteiger partial charge in [0.15, 0.2) is 0 Å². The Morgan fingerprint density at radius 2 is 1.76 bits per heavy atom. The lowest BCUT2D eigenvalue weighted by atomic mass is 9.99. The van der Waals surface area contributed by atoms with Gasteiger partial charge in [-0.1, -0.05) is 30.3 Å². The molecule has 2 N–H and O–H groups in total. The molecule has 0 bridgehead atoms. The van der Waals surface area contributed by atoms with E-state index in [2.05, 4.69) is 30.5 Å². The number of carboxylic acid groups (broad SMARTS) is 1. The van der Waals surface area contributed by atoms with Gasteiger partial charge in [-0.05, 0) is 64.0 Å². The fraction of sp³-hybridized carbons (Fsp3) is 0.370. The number of carboxylic acids is 1. The molecule has 2 aromatic carbocycles. The monoisotopic (exact) mass is 453 g/mol. The number of aliphatic hydroxyl groups is 1. The first-order valence-electron chi connectivity index (χ1n) is 11.3. The number of aromatic nitrogens is 1. The van der Waals surface area contributed by atoms with Gasteiger partial charge >= 0.3 is 5.97 Å². The minimum Gasteiger partial charge on any atom is -0.496 e. The molecule has 0 aliphatic heterocycles. The fourth-order valence-corrected chi connectivity index (χ4v) is 4.27. The summed E-state index contributed by atoms with van der Waals surface area (Å²) in [5, 5.41) is 20.2. The standard InChI is InChI=1S/C27H32FNO4/c1-17(2)29-24-8-6-5-7-23(24)27(19-9-11-20(28)12-10-19)25(29)14-13-22(33-18(3)4)15-21(30)16-26(31)32/h5-12,15,17-18,21,30H,13-14,16H2,1-4H3,(H,31,32)/b22-15-. The maximum atomic E-state index is 13.6. The average Bonchev–Trinajstić information content (AvgIpc) is 3.06. The molecule has 3 rings (SSSR count). The third kappa shape index (κ3) is 6.02. The molecule has 0 amide bonds. The van der Waals surface area contributed by atoms with E-state index in [0.29, 0.717) is 18.6 Å². The molecule has 6 heteroatoms. The van der Waals surface area contributed by atoms with Crippen molar-refractivity contribution in [2.24, 2.45) is 0 Å². The number of aliphatic hydroxyl groups excluding tert-OH is 1. The van der Waals surface area contributed by atoms with Crippen LogP contribution in [-0.2, 0) is 16.0 Å². The SMILES string of the molecule is CC(C)O/C(=C\C(O)CC(=O)O)CCc1c(-c2ccc(F)cc2)c2ccccc2n1C(C)C. The van der Waals surface area contributed by atoms with E-state index in [1.165, 1.54) is 18.2 Å². The van der Waals surface area contributed by atoms with E-state index in [1.54, 1.807) is 12.1 Å². The number of fused-ring (bicyclic) bond motifs is 1. The molecule has 176 valence electrons. The Balaban J connectivity index is 2.07. The van der Waals surface area contributed by atoms with Crippen LogP contribution in [0.4, 0.5) is 4.39 Å². The molecular formula is C27H32FNO4. The van der Waals surface area contributed by atoms with Crippen molar-refractivity contribution < 1.29 is 24.1 Å². The Bertz CT molecular complexity index is 1130. The number of benzene rings is 2. The molecule has 1 unspecified atom stereocenters. The smallest absolute Gasteiger partial charge is 0.306 e. The van der Waals surface area contributed by atoms with Crippen LogP contribution in [0, 0.1) is 5.82 Å². The van der Waals surface area contributed by atoms with E-state index in [1.807, 2.05) is 26.0 Å². The van der Waals surface area contributed by atoms with Crippen LogP contribution in [0.25, 0.3) is 22.0 Å². The number of ether oxygens (including phenoxy) is 1. The predicted molar refractivity (Wildman–Crippen MR) is 129 cm³/mol. The summed E-state index contributed by atoms with van der Waals surface area (Å²) < 4.78 is 21.8. The van der Waals surface area contributed by atoms with Gasteiger partial charge < -0.3 is 19.5 Å². The highest BCUT2D eigenvalue weighted by atomic mass is 19.1. The maximum absolute atomic E-state index is 13.6. The molecule has 0 fully saturated rings. The first-order valence-corrected chi connectivity index (χ1v) is 11.3. The molecule has 5 nitrogen and oxygen atoms in total. The lowest BCUT2D eigenvalue weighted by molar-refractivity contribution is -0.138. The molecule has 0 aliphatic rings. The van der Waals surface area contributed by atoms with Gasteiger partial charge in [0.05, 0.1) is 24.4 Å². The van der Waals surface area contributed by atoms with Crippen LogP contribution < -0.4 is 0 Å². The number of allylic oxidation sites excluding steroid dienone is 1. The van der Waals surface area contributed by atoms with Crippen molar-refractivity contribution in [2.75, 3.05) is 0 Å². The second-order valence-corrected chi connectivity index (χ2v) is 8.77. The highest BCUT2D eigenvalue weighted by Gasteiger charge is 2.21. The Hall–Kier alpha value is -3.12. The molecule has 0 spiro atoms. The Morgan fingerprint density at radius 3 is 2.36 bits per heavy atom. The van der Waals surface area contributed by atoms with E-state index in [4.69, 9.17) is 9.84 Å². The Labute approximate surface area is 194 Å². The summed E-state index contributed by atoms with van der Waals surface area (Å²) in [7, 11) is 0. The number of rotatable bonds is 10. The van der Waals surface area contributed by atoms with Crippen LogP contribution >= 0.6 is 0 Å². The van der Waals surface area contributed by atoms with Crippen LogP contribution in [0.15, 0.2) is 60.4 Å². The van der Waals surface area contributed by atoms with E-state index in [9.17, 15) is 14.3 Å². The van der Waals surface area contributed by atoms with Crippen LogP contribution in [0.3, 0.4) is 0 Å². The van der Waals surface area contributed by atoms with Crippen molar-refractivity contribution in [2.45, 2.75) is 65.2 Å². The molecule has 0 aliphatic carbocycles. The predicted octanol–water partition coefficient (Wildman–Crippen LogP) is 6.11. The number of para-hydroxylation sites is 1. The van der Waals surface area contributed by atoms with Gasteiger partial charge in [0.2, 0.25) is 0 Å². The van der Waals surface area contributed by atoms with E-state index in [-0.39, 0.29) is 24.4 Å². The summed E-state index contributed by atoms with van der Waals surface area (Å²) in [6, 6.07) is 14.9. The molecule has 0 saturated carbocycles. The van der Waals surface area contributed by atoms with Crippen LogP contribution in [0.1, 0.15) is 52.3 Å². The van der Waals surface area contributed by atoms with Gasteiger partial charge in [0.1, 0.15) is 5.82 Å². The minimum atomic E-state index is -1.12. The van der Waals surface area contributed by atoms with Gasteiger partial charge in [0.25, 0.3) is 0 Å². The fourth-order valence-electron chi connectivity index (χ4n) is 4.27. The van der Waals surface area contributed by atoms with Crippen LogP contribution in [0.2, 0.25) is 0 Å². The van der Waals surface area contributed by atoms with Crippen LogP contribution in [0.5, 0.6) is 0 Å². The highest BCUT2D eigenvalue weighted by Crippen LogP contribution is 2.38. The topological polar surface area (TPSA) is 71.7 Å².